The summed E-state index contributed by atoms with van der Waals surface area (Å²) in [6, 6.07) is 0. The molecule has 0 saturated carbocycles. The predicted octanol–water partition coefficient (Wildman–Crippen LogP) is 2.53. The van der Waals surface area contributed by atoms with E-state index < -0.39 is 0 Å². The summed E-state index contributed by atoms with van der Waals surface area (Å²) in [4.78, 5) is 11.3. The van der Waals surface area contributed by atoms with Crippen molar-refractivity contribution in [2.45, 2.75) is 59.2 Å². The third-order valence-electron chi connectivity index (χ3n) is 1.63. The number of hydrogen-bond acceptors (Lipinski definition) is 3. The van der Waals surface area contributed by atoms with Gasteiger partial charge < -0.3 is 9.47 Å². The molecule has 0 aromatic rings. The van der Waals surface area contributed by atoms with Crippen LogP contribution >= 0.6 is 0 Å². The van der Waals surface area contributed by atoms with E-state index in [1.807, 2.05) is 34.6 Å². The van der Waals surface area contributed by atoms with Crippen LogP contribution in [0.1, 0.15) is 47.5 Å². The first-order valence-corrected chi connectivity index (χ1v) is 5.18. The zero-order valence-corrected chi connectivity index (χ0v) is 9.92. The third-order valence-corrected chi connectivity index (χ3v) is 1.63. The fraction of sp³-hybridized carbons (Fsp3) is 0.909. The molecule has 1 atom stereocenters. The highest BCUT2D eigenvalue weighted by molar-refractivity contribution is 5.69. The Morgan fingerprint density at radius 2 is 1.93 bits per heavy atom. The van der Waals surface area contributed by atoms with Gasteiger partial charge in [0.25, 0.3) is 0 Å². The van der Waals surface area contributed by atoms with Crippen molar-refractivity contribution in [1.82, 2.24) is 0 Å². The minimum Gasteiger partial charge on any atom is -0.460 e. The molecule has 0 aliphatic carbocycles. The molecule has 84 valence electrons. The molecule has 0 aliphatic heterocycles. The Kier molecular flexibility index (Phi) is 5.77. The molecule has 0 spiro atoms. The first-order chi connectivity index (χ1) is 6.35. The second kappa shape index (κ2) is 6.02. The maximum Gasteiger partial charge on any atom is 0.306 e. The first kappa shape index (κ1) is 13.4. The number of carbonyl (C=O) groups excluding carboxylic acids is 1. The van der Waals surface area contributed by atoms with Gasteiger partial charge in [-0.25, -0.2) is 0 Å². The maximum absolute atomic E-state index is 11.3. The molecule has 0 heterocycles. The second-order valence-corrected chi connectivity index (χ2v) is 4.39. The van der Waals surface area contributed by atoms with Gasteiger partial charge in [0.1, 0.15) is 5.60 Å². The van der Waals surface area contributed by atoms with Crippen LogP contribution in [0.25, 0.3) is 0 Å². The minimum absolute atomic E-state index is 0.132. The highest BCUT2D eigenvalue weighted by Crippen LogP contribution is 2.10. The summed E-state index contributed by atoms with van der Waals surface area (Å²) in [5.41, 5.74) is -0.383. The lowest BCUT2D eigenvalue weighted by atomic mass is 10.2. The minimum atomic E-state index is -0.383. The quantitative estimate of drug-likeness (QED) is 0.643. The van der Waals surface area contributed by atoms with Gasteiger partial charge in [0.05, 0.1) is 6.10 Å². The van der Waals surface area contributed by atoms with Crippen LogP contribution in [0.3, 0.4) is 0 Å². The highest BCUT2D eigenvalue weighted by atomic mass is 16.6. The largest absolute Gasteiger partial charge is 0.460 e. The van der Waals surface area contributed by atoms with Crippen molar-refractivity contribution in [3.05, 3.63) is 0 Å². The van der Waals surface area contributed by atoms with E-state index in [0.717, 1.165) is 6.42 Å². The van der Waals surface area contributed by atoms with Crippen LogP contribution in [0.15, 0.2) is 0 Å². The van der Waals surface area contributed by atoms with Gasteiger partial charge in [-0.3, -0.25) is 4.79 Å². The summed E-state index contributed by atoms with van der Waals surface area (Å²) in [6.07, 6.45) is 1.29. The molecular weight excluding hydrogens is 180 g/mol. The van der Waals surface area contributed by atoms with Crippen LogP contribution in [0.4, 0.5) is 0 Å². The number of rotatable bonds is 5. The lowest BCUT2D eigenvalue weighted by molar-refractivity contribution is -0.155. The molecule has 0 fully saturated rings. The molecule has 0 saturated heterocycles. The lowest BCUT2D eigenvalue weighted by Gasteiger charge is -2.20. The molecule has 0 rings (SSSR count). The van der Waals surface area contributed by atoms with Crippen molar-refractivity contribution in [1.29, 1.82) is 0 Å². The third kappa shape index (κ3) is 8.05. The molecule has 0 N–H and O–H groups in total. The van der Waals surface area contributed by atoms with Crippen LogP contribution < -0.4 is 0 Å². The van der Waals surface area contributed by atoms with Crippen LogP contribution in [0.5, 0.6) is 0 Å². The number of ether oxygens (including phenoxy) is 2. The van der Waals surface area contributed by atoms with Crippen molar-refractivity contribution in [2.24, 2.45) is 0 Å². The molecule has 0 amide bonds. The summed E-state index contributed by atoms with van der Waals surface area (Å²) in [7, 11) is 0. The average molecular weight is 202 g/mol. The number of carbonyl (C=O) groups is 1. The fourth-order valence-corrected chi connectivity index (χ4v) is 1.08. The molecule has 3 heteroatoms. The van der Waals surface area contributed by atoms with E-state index in [0.29, 0.717) is 13.0 Å². The van der Waals surface area contributed by atoms with E-state index in [2.05, 4.69) is 0 Å². The topological polar surface area (TPSA) is 35.5 Å². The van der Waals surface area contributed by atoms with Crippen molar-refractivity contribution in [3.8, 4) is 0 Å². The Bertz CT molecular complexity index is 170. The SMILES string of the molecule is CCO[C@@H](C)CCC(=O)OC(C)(C)C. The van der Waals surface area contributed by atoms with Gasteiger partial charge in [0, 0.05) is 13.0 Å². The second-order valence-electron chi connectivity index (χ2n) is 4.39. The van der Waals surface area contributed by atoms with Gasteiger partial charge in [0.2, 0.25) is 0 Å². The molecular formula is C11H22O3. The molecule has 0 aromatic heterocycles. The fourth-order valence-electron chi connectivity index (χ4n) is 1.08. The Morgan fingerprint density at radius 1 is 1.36 bits per heavy atom. The van der Waals surface area contributed by atoms with Crippen molar-refractivity contribution < 1.29 is 14.3 Å². The monoisotopic (exact) mass is 202 g/mol. The molecule has 0 radical (unpaired) electrons. The zero-order valence-electron chi connectivity index (χ0n) is 9.92. The van der Waals surface area contributed by atoms with Crippen molar-refractivity contribution in [3.63, 3.8) is 0 Å². The van der Waals surface area contributed by atoms with E-state index >= 15 is 0 Å². The summed E-state index contributed by atoms with van der Waals surface area (Å²) in [5.74, 6) is -0.149. The summed E-state index contributed by atoms with van der Waals surface area (Å²) in [6.45, 7) is 10.2. The Labute approximate surface area is 86.8 Å². The molecule has 0 aromatic carbocycles. The van der Waals surface area contributed by atoms with Gasteiger partial charge in [-0.05, 0) is 41.0 Å². The van der Waals surface area contributed by atoms with E-state index in [1.54, 1.807) is 0 Å². The van der Waals surface area contributed by atoms with Gasteiger partial charge in [-0.2, -0.15) is 0 Å². The molecule has 14 heavy (non-hydrogen) atoms. The number of hydrogen-bond donors (Lipinski definition) is 0. The van der Waals surface area contributed by atoms with Gasteiger partial charge in [-0.15, -0.1) is 0 Å². The molecule has 3 nitrogen and oxygen atoms in total. The van der Waals surface area contributed by atoms with Crippen LogP contribution in [0, 0.1) is 0 Å². The Morgan fingerprint density at radius 3 is 2.36 bits per heavy atom. The standard InChI is InChI=1S/C11H22O3/c1-6-13-9(2)7-8-10(12)14-11(3,4)5/h9H,6-8H2,1-5H3/t9-/m0/s1. The van der Waals surface area contributed by atoms with Crippen molar-refractivity contribution in [2.75, 3.05) is 6.61 Å². The van der Waals surface area contributed by atoms with Crippen LogP contribution in [-0.4, -0.2) is 24.3 Å². The number of esters is 1. The smallest absolute Gasteiger partial charge is 0.306 e. The molecule has 0 unspecified atom stereocenters. The highest BCUT2D eigenvalue weighted by Gasteiger charge is 2.16. The lowest BCUT2D eigenvalue weighted by Crippen LogP contribution is -2.24. The van der Waals surface area contributed by atoms with E-state index in [1.165, 1.54) is 0 Å². The van der Waals surface area contributed by atoms with Crippen LogP contribution in [0.2, 0.25) is 0 Å². The van der Waals surface area contributed by atoms with Crippen LogP contribution in [-0.2, 0) is 14.3 Å². The summed E-state index contributed by atoms with van der Waals surface area (Å²) < 4.78 is 10.5. The normalized spacial score (nSPS) is 13.8. The zero-order chi connectivity index (χ0) is 11.2. The summed E-state index contributed by atoms with van der Waals surface area (Å²) >= 11 is 0. The van der Waals surface area contributed by atoms with Gasteiger partial charge in [0.15, 0.2) is 0 Å². The van der Waals surface area contributed by atoms with E-state index in [4.69, 9.17) is 9.47 Å². The Balaban J connectivity index is 3.64. The predicted molar refractivity (Wildman–Crippen MR) is 56.2 cm³/mol. The first-order valence-electron chi connectivity index (χ1n) is 5.18. The maximum atomic E-state index is 11.3. The summed E-state index contributed by atoms with van der Waals surface area (Å²) in [5, 5.41) is 0. The molecule has 0 aliphatic rings. The van der Waals surface area contributed by atoms with E-state index in [9.17, 15) is 4.79 Å². The average Bonchev–Trinajstić information content (AvgIpc) is 1.98. The van der Waals surface area contributed by atoms with Crippen molar-refractivity contribution >= 4 is 5.97 Å². The van der Waals surface area contributed by atoms with Gasteiger partial charge in [-0.1, -0.05) is 0 Å². The Hall–Kier alpha value is -0.570. The molecule has 0 bridgehead atoms. The van der Waals surface area contributed by atoms with E-state index in [-0.39, 0.29) is 17.7 Å². The van der Waals surface area contributed by atoms with Gasteiger partial charge >= 0.3 is 5.97 Å².